The Kier molecular flexibility index (Phi) is 3.15. The van der Waals surface area contributed by atoms with Crippen molar-refractivity contribution < 1.29 is 0 Å². The highest BCUT2D eigenvalue weighted by atomic mass is 79.9. The fourth-order valence-electron chi connectivity index (χ4n) is 1.89. The number of anilines is 1. The number of halogens is 1. The van der Waals surface area contributed by atoms with Crippen LogP contribution in [0.15, 0.2) is 22.7 Å². The van der Waals surface area contributed by atoms with Crippen LogP contribution in [0.5, 0.6) is 0 Å². The first-order chi connectivity index (χ1) is 7.61. The molecule has 0 atom stereocenters. The lowest BCUT2D eigenvalue weighted by atomic mass is 10.1. The molecule has 0 saturated heterocycles. The summed E-state index contributed by atoms with van der Waals surface area (Å²) in [5, 5.41) is 1.03. The van der Waals surface area contributed by atoms with Crippen molar-refractivity contribution in [2.45, 2.75) is 26.7 Å². The molecule has 16 heavy (non-hydrogen) atoms. The van der Waals surface area contributed by atoms with E-state index in [4.69, 9.17) is 5.73 Å². The Labute approximate surface area is 104 Å². The highest BCUT2D eigenvalue weighted by molar-refractivity contribution is 9.10. The van der Waals surface area contributed by atoms with Crippen LogP contribution in [0.1, 0.15) is 24.6 Å². The monoisotopic (exact) mass is 278 g/mol. The molecule has 2 rings (SSSR count). The molecule has 0 aliphatic carbocycles. The zero-order valence-corrected chi connectivity index (χ0v) is 11.1. The van der Waals surface area contributed by atoms with Crippen molar-refractivity contribution in [3.63, 3.8) is 0 Å². The maximum Gasteiger partial charge on any atom is 0.0868 e. The van der Waals surface area contributed by atoms with E-state index in [-0.39, 0.29) is 0 Å². The quantitative estimate of drug-likeness (QED) is 0.907. The van der Waals surface area contributed by atoms with Gasteiger partial charge in [-0.25, -0.2) is 0 Å². The molecular weight excluding hydrogens is 264 g/mol. The average Bonchev–Trinajstić information content (AvgIpc) is 2.20. The first-order valence-corrected chi connectivity index (χ1v) is 6.26. The van der Waals surface area contributed by atoms with Gasteiger partial charge in [-0.05, 0) is 53.0 Å². The molecule has 0 saturated carbocycles. The van der Waals surface area contributed by atoms with E-state index in [1.54, 1.807) is 0 Å². The zero-order valence-electron chi connectivity index (χ0n) is 9.55. The third-order valence-electron chi connectivity index (χ3n) is 2.60. The number of nitrogens with zero attached hydrogens (tertiary/aromatic N) is 1. The largest absolute Gasteiger partial charge is 0.398 e. The Morgan fingerprint density at radius 3 is 2.75 bits per heavy atom. The van der Waals surface area contributed by atoms with Gasteiger partial charge in [-0.1, -0.05) is 13.3 Å². The van der Waals surface area contributed by atoms with Crippen molar-refractivity contribution in [3.8, 4) is 0 Å². The average molecular weight is 279 g/mol. The summed E-state index contributed by atoms with van der Waals surface area (Å²) in [6.45, 7) is 4.20. The molecule has 0 unspecified atom stereocenters. The van der Waals surface area contributed by atoms with E-state index >= 15 is 0 Å². The van der Waals surface area contributed by atoms with Gasteiger partial charge in [0.05, 0.1) is 5.52 Å². The summed E-state index contributed by atoms with van der Waals surface area (Å²) in [5.41, 5.74) is 10.1. The summed E-state index contributed by atoms with van der Waals surface area (Å²) in [6.07, 6.45) is 2.06. The molecule has 3 heteroatoms. The van der Waals surface area contributed by atoms with Crippen molar-refractivity contribution in [1.29, 1.82) is 0 Å². The standard InChI is InChI=1S/C13H15BrN2/c1-3-4-9-7-12(15)10-5-8(2)6-11(14)13(10)16-9/h5-7H,3-4H2,1-2H3,(H2,15,16). The maximum absolute atomic E-state index is 6.06. The van der Waals surface area contributed by atoms with E-state index in [9.17, 15) is 0 Å². The van der Waals surface area contributed by atoms with Crippen molar-refractivity contribution in [3.05, 3.63) is 33.9 Å². The van der Waals surface area contributed by atoms with Crippen LogP contribution in [0.3, 0.4) is 0 Å². The Hall–Kier alpha value is -1.09. The number of hydrogen-bond donors (Lipinski definition) is 1. The molecule has 1 heterocycles. The van der Waals surface area contributed by atoms with Crippen LogP contribution in [-0.2, 0) is 6.42 Å². The number of nitrogen functional groups attached to an aromatic ring is 1. The Bertz CT molecular complexity index is 535. The molecule has 0 amide bonds. The second kappa shape index (κ2) is 4.42. The van der Waals surface area contributed by atoms with Crippen LogP contribution in [0.4, 0.5) is 5.69 Å². The van der Waals surface area contributed by atoms with Gasteiger partial charge in [0.25, 0.3) is 0 Å². The van der Waals surface area contributed by atoms with Gasteiger partial charge < -0.3 is 5.73 Å². The minimum absolute atomic E-state index is 0.817. The van der Waals surface area contributed by atoms with Gasteiger partial charge in [-0.2, -0.15) is 0 Å². The number of pyridine rings is 1. The van der Waals surface area contributed by atoms with E-state index in [0.717, 1.165) is 39.6 Å². The maximum atomic E-state index is 6.06. The van der Waals surface area contributed by atoms with Crippen LogP contribution in [0.2, 0.25) is 0 Å². The van der Waals surface area contributed by atoms with E-state index in [0.29, 0.717) is 0 Å². The Balaban J connectivity index is 2.71. The van der Waals surface area contributed by atoms with Crippen LogP contribution in [-0.4, -0.2) is 4.98 Å². The molecule has 2 aromatic rings. The number of hydrogen-bond acceptors (Lipinski definition) is 2. The topological polar surface area (TPSA) is 38.9 Å². The first kappa shape index (κ1) is 11.4. The van der Waals surface area contributed by atoms with Crippen molar-refractivity contribution in [2.24, 2.45) is 0 Å². The van der Waals surface area contributed by atoms with E-state index in [1.165, 1.54) is 5.56 Å². The predicted octanol–water partition coefficient (Wildman–Crippen LogP) is 3.84. The minimum Gasteiger partial charge on any atom is -0.398 e. The summed E-state index contributed by atoms with van der Waals surface area (Å²) in [4.78, 5) is 4.64. The van der Waals surface area contributed by atoms with Crippen molar-refractivity contribution in [2.75, 3.05) is 5.73 Å². The van der Waals surface area contributed by atoms with Gasteiger partial charge in [0, 0.05) is 21.2 Å². The number of benzene rings is 1. The van der Waals surface area contributed by atoms with E-state index in [2.05, 4.69) is 46.9 Å². The number of nitrogens with two attached hydrogens (primary N) is 1. The fraction of sp³-hybridized carbons (Fsp3) is 0.308. The minimum atomic E-state index is 0.817. The normalized spacial score (nSPS) is 10.9. The van der Waals surface area contributed by atoms with Crippen LogP contribution in [0, 0.1) is 6.92 Å². The first-order valence-electron chi connectivity index (χ1n) is 5.47. The molecule has 2 nitrogen and oxygen atoms in total. The van der Waals surface area contributed by atoms with Gasteiger partial charge in [0.1, 0.15) is 0 Å². The molecule has 0 radical (unpaired) electrons. The third-order valence-corrected chi connectivity index (χ3v) is 3.21. The van der Waals surface area contributed by atoms with Crippen LogP contribution < -0.4 is 5.73 Å². The van der Waals surface area contributed by atoms with Crippen LogP contribution in [0.25, 0.3) is 10.9 Å². The number of aromatic nitrogens is 1. The van der Waals surface area contributed by atoms with Gasteiger partial charge in [0.2, 0.25) is 0 Å². The molecule has 0 fully saturated rings. The van der Waals surface area contributed by atoms with E-state index < -0.39 is 0 Å². The summed E-state index contributed by atoms with van der Waals surface area (Å²) in [6, 6.07) is 6.14. The molecular formula is C13H15BrN2. The van der Waals surface area contributed by atoms with Crippen molar-refractivity contribution >= 4 is 32.5 Å². The van der Waals surface area contributed by atoms with Gasteiger partial charge in [-0.3, -0.25) is 4.98 Å². The number of fused-ring (bicyclic) bond motifs is 1. The Morgan fingerprint density at radius 2 is 2.06 bits per heavy atom. The van der Waals surface area contributed by atoms with Gasteiger partial charge in [-0.15, -0.1) is 0 Å². The smallest absolute Gasteiger partial charge is 0.0868 e. The second-order valence-corrected chi connectivity index (χ2v) is 4.95. The molecule has 0 bridgehead atoms. The molecule has 0 spiro atoms. The predicted molar refractivity (Wildman–Crippen MR) is 72.6 cm³/mol. The van der Waals surface area contributed by atoms with Gasteiger partial charge in [0.15, 0.2) is 0 Å². The summed E-state index contributed by atoms with van der Waals surface area (Å²) < 4.78 is 1.02. The van der Waals surface area contributed by atoms with Gasteiger partial charge >= 0.3 is 0 Å². The number of aryl methyl sites for hydroxylation is 2. The summed E-state index contributed by atoms with van der Waals surface area (Å²) in [5.74, 6) is 0. The molecule has 1 aromatic heterocycles. The van der Waals surface area contributed by atoms with Crippen molar-refractivity contribution in [1.82, 2.24) is 4.98 Å². The van der Waals surface area contributed by atoms with E-state index in [1.807, 2.05) is 6.07 Å². The highest BCUT2D eigenvalue weighted by Crippen LogP contribution is 2.28. The zero-order chi connectivity index (χ0) is 11.7. The summed E-state index contributed by atoms with van der Waals surface area (Å²) in [7, 11) is 0. The molecule has 2 N–H and O–H groups in total. The lowest BCUT2D eigenvalue weighted by molar-refractivity contribution is 0.890. The summed E-state index contributed by atoms with van der Waals surface area (Å²) >= 11 is 3.55. The number of rotatable bonds is 2. The van der Waals surface area contributed by atoms with Crippen LogP contribution >= 0.6 is 15.9 Å². The lowest BCUT2D eigenvalue weighted by Crippen LogP contribution is -1.96. The SMILES string of the molecule is CCCc1cc(N)c2cc(C)cc(Br)c2n1. The Morgan fingerprint density at radius 1 is 1.31 bits per heavy atom. The molecule has 0 aliphatic rings. The third kappa shape index (κ3) is 2.05. The lowest BCUT2D eigenvalue weighted by Gasteiger charge is -2.08. The molecule has 0 aliphatic heterocycles. The second-order valence-electron chi connectivity index (χ2n) is 4.10. The molecule has 1 aromatic carbocycles. The molecule has 84 valence electrons. The fourth-order valence-corrected chi connectivity index (χ4v) is 2.55. The highest BCUT2D eigenvalue weighted by Gasteiger charge is 2.07.